The Morgan fingerprint density at radius 3 is 2.74 bits per heavy atom. The summed E-state index contributed by atoms with van der Waals surface area (Å²) >= 11 is 6.99. The minimum atomic E-state index is -0.530. The number of furan rings is 1. The van der Waals surface area contributed by atoms with Gasteiger partial charge in [0.2, 0.25) is 0 Å². The number of nitro benzene ring substituents is 1. The van der Waals surface area contributed by atoms with E-state index in [0.717, 1.165) is 24.6 Å². The van der Waals surface area contributed by atoms with Crippen LogP contribution in [-0.4, -0.2) is 27.5 Å². The van der Waals surface area contributed by atoms with Crippen molar-refractivity contribution >= 4 is 46.3 Å². The molecule has 7 nitrogen and oxygen atoms in total. The molecule has 27 heavy (non-hydrogen) atoms. The maximum Gasteiger partial charge on any atom is 0.293 e. The lowest BCUT2D eigenvalue weighted by Crippen LogP contribution is -2.29. The highest BCUT2D eigenvalue weighted by atomic mass is 35.5. The van der Waals surface area contributed by atoms with Crippen molar-refractivity contribution in [2.45, 2.75) is 19.8 Å². The number of hydrogen-bond acceptors (Lipinski definition) is 6. The smallest absolute Gasteiger partial charge is 0.293 e. The summed E-state index contributed by atoms with van der Waals surface area (Å²) in [5.74, 6) is 0.469. The molecular formula is C18H15ClN2O5S. The summed E-state index contributed by atoms with van der Waals surface area (Å²) in [6.45, 7) is 2.39. The number of benzene rings is 1. The molecule has 1 aromatic carbocycles. The first kappa shape index (κ1) is 19.2. The molecule has 2 aromatic rings. The van der Waals surface area contributed by atoms with Gasteiger partial charge in [0.1, 0.15) is 11.5 Å². The number of nitro groups is 1. The molecule has 140 valence electrons. The van der Waals surface area contributed by atoms with E-state index in [-0.39, 0.29) is 21.9 Å². The second kappa shape index (κ2) is 7.98. The Morgan fingerprint density at radius 2 is 2.07 bits per heavy atom. The zero-order valence-corrected chi connectivity index (χ0v) is 15.9. The SMILES string of the molecule is CCCCN1C(=O)SC(=Cc2ccc(-c3ccc([N+](=O)[O-])cc3Cl)o2)C1=O. The minimum Gasteiger partial charge on any atom is -0.457 e. The number of non-ortho nitro benzene ring substituents is 1. The Morgan fingerprint density at radius 1 is 1.30 bits per heavy atom. The maximum atomic E-state index is 12.3. The van der Waals surface area contributed by atoms with Crippen LogP contribution in [0, 0.1) is 10.1 Å². The highest BCUT2D eigenvalue weighted by Gasteiger charge is 2.34. The van der Waals surface area contributed by atoms with E-state index in [1.54, 1.807) is 12.1 Å². The molecule has 0 atom stereocenters. The van der Waals surface area contributed by atoms with Crippen LogP contribution in [0.5, 0.6) is 0 Å². The Hall–Kier alpha value is -2.58. The summed E-state index contributed by atoms with van der Waals surface area (Å²) in [5.41, 5.74) is 0.384. The van der Waals surface area contributed by atoms with Gasteiger partial charge in [0, 0.05) is 30.3 Å². The molecule has 0 saturated carbocycles. The number of amides is 2. The predicted octanol–water partition coefficient (Wildman–Crippen LogP) is 5.34. The van der Waals surface area contributed by atoms with Crippen molar-refractivity contribution in [3.05, 3.63) is 56.1 Å². The molecule has 0 unspecified atom stereocenters. The normalized spacial score (nSPS) is 15.8. The van der Waals surface area contributed by atoms with Crippen molar-refractivity contribution in [3.8, 4) is 11.3 Å². The summed E-state index contributed by atoms with van der Waals surface area (Å²) in [4.78, 5) is 36.1. The lowest BCUT2D eigenvalue weighted by molar-refractivity contribution is -0.384. The van der Waals surface area contributed by atoms with E-state index < -0.39 is 4.92 Å². The van der Waals surface area contributed by atoms with E-state index in [2.05, 4.69) is 0 Å². The third-order valence-corrected chi connectivity index (χ3v) is 5.16. The lowest BCUT2D eigenvalue weighted by atomic mass is 10.1. The van der Waals surface area contributed by atoms with Gasteiger partial charge in [-0.25, -0.2) is 0 Å². The molecular weight excluding hydrogens is 392 g/mol. The lowest BCUT2D eigenvalue weighted by Gasteiger charge is -2.10. The maximum absolute atomic E-state index is 12.3. The molecule has 1 aliphatic rings. The quantitative estimate of drug-likeness (QED) is 0.365. The number of imide groups is 1. The molecule has 0 N–H and O–H groups in total. The summed E-state index contributed by atoms with van der Waals surface area (Å²) in [7, 11) is 0. The number of halogens is 1. The van der Waals surface area contributed by atoms with Crippen molar-refractivity contribution in [1.29, 1.82) is 0 Å². The molecule has 9 heteroatoms. The van der Waals surface area contributed by atoms with Gasteiger partial charge in [-0.05, 0) is 36.4 Å². The average Bonchev–Trinajstić information content (AvgIpc) is 3.18. The van der Waals surface area contributed by atoms with Gasteiger partial charge >= 0.3 is 0 Å². The van der Waals surface area contributed by atoms with Crippen molar-refractivity contribution in [2.24, 2.45) is 0 Å². The van der Waals surface area contributed by atoms with Crippen molar-refractivity contribution < 1.29 is 18.9 Å². The Labute approximate surface area is 164 Å². The van der Waals surface area contributed by atoms with Gasteiger partial charge in [0.05, 0.1) is 14.9 Å². The first-order valence-electron chi connectivity index (χ1n) is 8.20. The zero-order chi connectivity index (χ0) is 19.6. The fourth-order valence-corrected chi connectivity index (χ4v) is 3.64. The Kier molecular flexibility index (Phi) is 5.67. The molecule has 0 radical (unpaired) electrons. The fourth-order valence-electron chi connectivity index (χ4n) is 2.53. The molecule has 1 saturated heterocycles. The summed E-state index contributed by atoms with van der Waals surface area (Å²) in [5, 5.41) is 10.7. The number of rotatable bonds is 6. The van der Waals surface area contributed by atoms with Crippen LogP contribution in [0.15, 0.2) is 39.7 Å². The standard InChI is InChI=1S/C18H15ClN2O5S/c1-2-3-8-20-17(22)16(27-18(20)23)10-12-5-7-15(26-12)13-6-4-11(21(24)25)9-14(13)19/h4-7,9-10H,2-3,8H2,1H3. The van der Waals surface area contributed by atoms with Gasteiger partial charge in [-0.15, -0.1) is 0 Å². The van der Waals surface area contributed by atoms with E-state index in [1.165, 1.54) is 29.2 Å². The van der Waals surface area contributed by atoms with Crippen molar-refractivity contribution in [1.82, 2.24) is 4.90 Å². The van der Waals surface area contributed by atoms with Crippen molar-refractivity contribution in [2.75, 3.05) is 6.54 Å². The molecule has 0 aliphatic carbocycles. The Bertz CT molecular complexity index is 953. The van der Waals surface area contributed by atoms with Gasteiger partial charge in [-0.1, -0.05) is 24.9 Å². The third-order valence-electron chi connectivity index (χ3n) is 3.94. The van der Waals surface area contributed by atoms with E-state index in [0.29, 0.717) is 28.5 Å². The van der Waals surface area contributed by atoms with Crippen LogP contribution in [0.3, 0.4) is 0 Å². The molecule has 2 amide bonds. The van der Waals surface area contributed by atoms with Gasteiger partial charge in [0.25, 0.3) is 16.8 Å². The monoisotopic (exact) mass is 406 g/mol. The van der Waals surface area contributed by atoms with Crippen LogP contribution in [-0.2, 0) is 4.79 Å². The predicted molar refractivity (Wildman–Crippen MR) is 103 cm³/mol. The number of unbranched alkanes of at least 4 members (excludes halogenated alkanes) is 1. The summed E-state index contributed by atoms with van der Waals surface area (Å²) in [6.07, 6.45) is 3.16. The zero-order valence-electron chi connectivity index (χ0n) is 14.3. The van der Waals surface area contributed by atoms with E-state index >= 15 is 0 Å². The van der Waals surface area contributed by atoms with Gasteiger partial charge in [0.15, 0.2) is 0 Å². The first-order valence-corrected chi connectivity index (χ1v) is 9.39. The van der Waals surface area contributed by atoms with Crippen LogP contribution in [0.4, 0.5) is 10.5 Å². The van der Waals surface area contributed by atoms with E-state index in [1.807, 2.05) is 6.92 Å². The second-order valence-corrected chi connectivity index (χ2v) is 7.21. The summed E-state index contributed by atoms with van der Waals surface area (Å²) < 4.78 is 5.69. The molecule has 3 rings (SSSR count). The molecule has 1 aromatic heterocycles. The highest BCUT2D eigenvalue weighted by molar-refractivity contribution is 8.18. The van der Waals surface area contributed by atoms with Crippen molar-refractivity contribution in [3.63, 3.8) is 0 Å². The average molecular weight is 407 g/mol. The van der Waals surface area contributed by atoms with Crippen LogP contribution in [0.1, 0.15) is 25.5 Å². The van der Waals surface area contributed by atoms with Crippen LogP contribution < -0.4 is 0 Å². The largest absolute Gasteiger partial charge is 0.457 e. The Balaban J connectivity index is 1.82. The number of hydrogen-bond donors (Lipinski definition) is 0. The van der Waals surface area contributed by atoms with Crippen LogP contribution in [0.2, 0.25) is 5.02 Å². The number of thioether (sulfide) groups is 1. The number of carbonyl (C=O) groups excluding carboxylic acids is 2. The van der Waals surface area contributed by atoms with Crippen LogP contribution in [0.25, 0.3) is 17.4 Å². The van der Waals surface area contributed by atoms with Crippen LogP contribution >= 0.6 is 23.4 Å². The molecule has 0 bridgehead atoms. The van der Waals surface area contributed by atoms with Gasteiger partial charge < -0.3 is 4.42 Å². The molecule has 0 spiro atoms. The molecule has 2 heterocycles. The van der Waals surface area contributed by atoms with Gasteiger partial charge in [-0.3, -0.25) is 24.6 Å². The highest BCUT2D eigenvalue weighted by Crippen LogP contribution is 2.35. The molecule has 1 aliphatic heterocycles. The van der Waals surface area contributed by atoms with E-state index in [9.17, 15) is 19.7 Å². The number of carbonyl (C=O) groups is 2. The number of nitrogens with zero attached hydrogens (tertiary/aromatic N) is 2. The van der Waals surface area contributed by atoms with Gasteiger partial charge in [-0.2, -0.15) is 0 Å². The first-order chi connectivity index (χ1) is 12.9. The third kappa shape index (κ3) is 4.06. The minimum absolute atomic E-state index is 0.115. The topological polar surface area (TPSA) is 93.7 Å². The molecule has 1 fully saturated rings. The fraction of sp³-hybridized carbons (Fsp3) is 0.222. The summed E-state index contributed by atoms with van der Waals surface area (Å²) in [6, 6.07) is 7.38. The second-order valence-electron chi connectivity index (χ2n) is 5.81. The van der Waals surface area contributed by atoms with E-state index in [4.69, 9.17) is 16.0 Å².